The van der Waals surface area contributed by atoms with E-state index in [1.165, 1.54) is 37.7 Å². The summed E-state index contributed by atoms with van der Waals surface area (Å²) in [4.78, 5) is 15.0. The fourth-order valence-electron chi connectivity index (χ4n) is 4.61. The first-order chi connectivity index (χ1) is 12.1. The zero-order valence-electron chi connectivity index (χ0n) is 15.9. The lowest BCUT2D eigenvalue weighted by Gasteiger charge is -2.45. The van der Waals surface area contributed by atoms with Gasteiger partial charge >= 0.3 is 0 Å². The van der Waals surface area contributed by atoms with E-state index in [1.54, 1.807) is 7.11 Å². The van der Waals surface area contributed by atoms with Crippen LogP contribution in [0.1, 0.15) is 51.0 Å². The Kier molecular flexibility index (Phi) is 5.87. The van der Waals surface area contributed by atoms with E-state index in [2.05, 4.69) is 30.1 Å². The average molecular weight is 344 g/mol. The predicted molar refractivity (Wildman–Crippen MR) is 102 cm³/mol. The molecule has 4 nitrogen and oxygen atoms in total. The molecule has 1 aromatic rings. The van der Waals surface area contributed by atoms with Gasteiger partial charge in [0, 0.05) is 25.6 Å². The number of nitrogens with one attached hydrogen (secondary N) is 1. The second-order valence-corrected chi connectivity index (χ2v) is 7.86. The molecule has 0 spiro atoms. The molecule has 1 saturated carbocycles. The number of hydrogen-bond acceptors (Lipinski definition) is 3. The Morgan fingerprint density at radius 1 is 1.32 bits per heavy atom. The van der Waals surface area contributed by atoms with E-state index in [0.717, 1.165) is 29.8 Å². The second-order valence-electron chi connectivity index (χ2n) is 7.86. The standard InChI is InChI=1S/C21H32N2O2/c1-15-6-8-19-17(13-15)5-4-12-23(19)21(24)10-11-22-18-14-16(2)7-9-20(18)25-3/h7,9,14-15,17,19,22H,4-6,8,10-13H2,1-3H3/t15-,17+,19+/m0/s1. The average Bonchev–Trinajstić information content (AvgIpc) is 2.61. The highest BCUT2D eigenvalue weighted by atomic mass is 16.5. The van der Waals surface area contributed by atoms with Gasteiger partial charge < -0.3 is 15.0 Å². The fraction of sp³-hybridized carbons (Fsp3) is 0.667. The van der Waals surface area contributed by atoms with Crippen molar-refractivity contribution in [3.05, 3.63) is 23.8 Å². The molecule has 0 bridgehead atoms. The van der Waals surface area contributed by atoms with Crippen LogP contribution in [-0.4, -0.2) is 37.0 Å². The van der Waals surface area contributed by atoms with Crippen molar-refractivity contribution in [2.24, 2.45) is 11.8 Å². The molecule has 0 aromatic heterocycles. The Bertz CT molecular complexity index is 602. The van der Waals surface area contributed by atoms with Crippen molar-refractivity contribution in [1.82, 2.24) is 4.90 Å². The summed E-state index contributed by atoms with van der Waals surface area (Å²) in [5.74, 6) is 2.69. The van der Waals surface area contributed by atoms with E-state index in [1.807, 2.05) is 12.1 Å². The smallest absolute Gasteiger partial charge is 0.224 e. The van der Waals surface area contributed by atoms with Gasteiger partial charge in [-0.3, -0.25) is 4.79 Å². The largest absolute Gasteiger partial charge is 0.495 e. The third kappa shape index (κ3) is 4.28. The Labute approximate surface area is 151 Å². The fourth-order valence-corrected chi connectivity index (χ4v) is 4.61. The number of fused-ring (bicyclic) bond motifs is 1. The van der Waals surface area contributed by atoms with Crippen LogP contribution in [0.5, 0.6) is 5.75 Å². The molecule has 1 aromatic carbocycles. The first-order valence-electron chi connectivity index (χ1n) is 9.76. The zero-order chi connectivity index (χ0) is 17.8. The van der Waals surface area contributed by atoms with Crippen molar-refractivity contribution in [1.29, 1.82) is 0 Å². The van der Waals surface area contributed by atoms with Crippen LogP contribution in [0.2, 0.25) is 0 Å². The zero-order valence-corrected chi connectivity index (χ0v) is 15.9. The molecule has 1 aliphatic heterocycles. The Balaban J connectivity index is 1.55. The van der Waals surface area contributed by atoms with E-state index < -0.39 is 0 Å². The number of hydrogen-bond donors (Lipinski definition) is 1. The summed E-state index contributed by atoms with van der Waals surface area (Å²) in [6, 6.07) is 6.57. The van der Waals surface area contributed by atoms with E-state index in [0.29, 0.717) is 24.9 Å². The van der Waals surface area contributed by atoms with E-state index >= 15 is 0 Å². The predicted octanol–water partition coefficient (Wildman–Crippen LogP) is 4.23. The number of benzene rings is 1. The van der Waals surface area contributed by atoms with Gasteiger partial charge in [-0.25, -0.2) is 0 Å². The van der Waals surface area contributed by atoms with Crippen LogP contribution < -0.4 is 10.1 Å². The summed E-state index contributed by atoms with van der Waals surface area (Å²) < 4.78 is 5.40. The summed E-state index contributed by atoms with van der Waals surface area (Å²) in [6.45, 7) is 6.02. The maximum Gasteiger partial charge on any atom is 0.224 e. The minimum Gasteiger partial charge on any atom is -0.495 e. The molecule has 2 aliphatic rings. The SMILES string of the molecule is COc1ccc(C)cc1NCCC(=O)N1CCC[C@@H]2C[C@@H](C)CC[C@H]21. The minimum atomic E-state index is 0.309. The number of aryl methyl sites for hydroxylation is 1. The highest BCUT2D eigenvalue weighted by molar-refractivity contribution is 5.77. The number of nitrogens with zero attached hydrogens (tertiary/aromatic N) is 1. The molecule has 0 unspecified atom stereocenters. The maximum atomic E-state index is 12.8. The van der Waals surface area contributed by atoms with Gasteiger partial charge in [0.1, 0.15) is 5.75 Å². The second kappa shape index (κ2) is 8.11. The first kappa shape index (κ1) is 18.1. The van der Waals surface area contributed by atoms with Crippen LogP contribution in [0.4, 0.5) is 5.69 Å². The van der Waals surface area contributed by atoms with Gasteiger partial charge in [0.25, 0.3) is 0 Å². The first-order valence-corrected chi connectivity index (χ1v) is 9.76. The van der Waals surface area contributed by atoms with Crippen molar-refractivity contribution >= 4 is 11.6 Å². The van der Waals surface area contributed by atoms with Crippen molar-refractivity contribution in [2.45, 2.75) is 58.4 Å². The molecule has 4 heteroatoms. The molecule has 1 N–H and O–H groups in total. The van der Waals surface area contributed by atoms with Gasteiger partial charge in [-0.15, -0.1) is 0 Å². The van der Waals surface area contributed by atoms with Crippen molar-refractivity contribution in [3.8, 4) is 5.75 Å². The van der Waals surface area contributed by atoms with Gasteiger partial charge in [0.05, 0.1) is 12.8 Å². The lowest BCUT2D eigenvalue weighted by molar-refractivity contribution is -0.137. The summed E-state index contributed by atoms with van der Waals surface area (Å²) in [7, 11) is 1.68. The molecule has 0 radical (unpaired) electrons. The summed E-state index contributed by atoms with van der Waals surface area (Å²) in [6.07, 6.45) is 6.78. The van der Waals surface area contributed by atoms with Crippen molar-refractivity contribution in [2.75, 3.05) is 25.5 Å². The van der Waals surface area contributed by atoms with E-state index in [-0.39, 0.29) is 0 Å². The number of carbonyl (C=O) groups excluding carboxylic acids is 1. The lowest BCUT2D eigenvalue weighted by Crippen LogP contribution is -2.50. The molecule has 138 valence electrons. The van der Waals surface area contributed by atoms with Gasteiger partial charge in [0.15, 0.2) is 0 Å². The highest BCUT2D eigenvalue weighted by Crippen LogP contribution is 2.38. The molecule has 1 heterocycles. The number of amides is 1. The highest BCUT2D eigenvalue weighted by Gasteiger charge is 2.37. The molecule has 25 heavy (non-hydrogen) atoms. The molecular weight excluding hydrogens is 312 g/mol. The number of rotatable bonds is 5. The van der Waals surface area contributed by atoms with E-state index in [9.17, 15) is 4.79 Å². The van der Waals surface area contributed by atoms with Crippen LogP contribution in [0.15, 0.2) is 18.2 Å². The van der Waals surface area contributed by atoms with Crippen LogP contribution >= 0.6 is 0 Å². The molecule has 1 amide bonds. The number of carbonyl (C=O) groups is 1. The number of ether oxygens (including phenoxy) is 1. The number of anilines is 1. The van der Waals surface area contributed by atoms with Crippen molar-refractivity contribution in [3.63, 3.8) is 0 Å². The van der Waals surface area contributed by atoms with Crippen LogP contribution in [0.3, 0.4) is 0 Å². The monoisotopic (exact) mass is 344 g/mol. The Morgan fingerprint density at radius 3 is 2.96 bits per heavy atom. The van der Waals surface area contributed by atoms with E-state index in [4.69, 9.17) is 4.74 Å². The van der Waals surface area contributed by atoms with Crippen molar-refractivity contribution < 1.29 is 9.53 Å². The summed E-state index contributed by atoms with van der Waals surface area (Å²) in [5.41, 5.74) is 2.16. The molecule has 3 atom stereocenters. The summed E-state index contributed by atoms with van der Waals surface area (Å²) in [5, 5.41) is 3.38. The van der Waals surface area contributed by atoms with Gasteiger partial charge in [-0.1, -0.05) is 13.0 Å². The van der Waals surface area contributed by atoms with Gasteiger partial charge in [-0.2, -0.15) is 0 Å². The number of methoxy groups -OCH3 is 1. The molecule has 1 saturated heterocycles. The third-order valence-corrected chi connectivity index (χ3v) is 5.91. The molecule has 2 fully saturated rings. The number of likely N-dealkylation sites (tertiary alicyclic amines) is 1. The Hall–Kier alpha value is -1.71. The maximum absolute atomic E-state index is 12.8. The summed E-state index contributed by atoms with van der Waals surface area (Å²) >= 11 is 0. The quantitative estimate of drug-likeness (QED) is 0.869. The molecular formula is C21H32N2O2. The third-order valence-electron chi connectivity index (χ3n) is 5.91. The normalized spacial score (nSPS) is 26.0. The molecule has 3 rings (SSSR count). The van der Waals surface area contributed by atoms with Gasteiger partial charge in [-0.05, 0) is 68.6 Å². The number of piperidine rings is 1. The van der Waals surface area contributed by atoms with Crippen LogP contribution in [0.25, 0.3) is 0 Å². The minimum absolute atomic E-state index is 0.309. The van der Waals surface area contributed by atoms with Gasteiger partial charge in [0.2, 0.25) is 5.91 Å². The van der Waals surface area contributed by atoms with Crippen LogP contribution in [0, 0.1) is 18.8 Å². The Morgan fingerprint density at radius 2 is 2.16 bits per heavy atom. The van der Waals surface area contributed by atoms with Crippen LogP contribution in [-0.2, 0) is 4.79 Å². The molecule has 1 aliphatic carbocycles. The topological polar surface area (TPSA) is 41.6 Å². The lowest BCUT2D eigenvalue weighted by atomic mass is 9.74.